The molecule has 0 aliphatic carbocycles. The van der Waals surface area contributed by atoms with E-state index in [4.69, 9.17) is 10.4 Å². The lowest BCUT2D eigenvalue weighted by molar-refractivity contribution is -0.136. The lowest BCUT2D eigenvalue weighted by Gasteiger charge is -2.14. The zero-order chi connectivity index (χ0) is 19.6. The van der Waals surface area contributed by atoms with Gasteiger partial charge in [-0.1, -0.05) is 37.3 Å². The molecule has 2 aromatic carbocycles. The molecule has 0 amide bonds. The molecule has 2 aromatic rings. The Morgan fingerprint density at radius 3 is 2.74 bits per heavy atom. The minimum Gasteiger partial charge on any atom is -0.504 e. The SMILES string of the molecule is CC(CNCCCNc1cccc(C#N)c1O)c1cccc(CC(=O)O)c1. The van der Waals surface area contributed by atoms with Crippen LogP contribution in [0.4, 0.5) is 5.69 Å². The predicted molar refractivity (Wildman–Crippen MR) is 105 cm³/mol. The molecule has 2 rings (SSSR count). The van der Waals surface area contributed by atoms with Gasteiger partial charge in [-0.2, -0.15) is 5.26 Å². The minimum absolute atomic E-state index is 0.0113. The summed E-state index contributed by atoms with van der Waals surface area (Å²) in [5, 5.41) is 34.3. The Hall–Kier alpha value is -3.04. The molecule has 4 N–H and O–H groups in total. The van der Waals surface area contributed by atoms with Crippen molar-refractivity contribution in [1.29, 1.82) is 5.26 Å². The maximum atomic E-state index is 10.8. The first-order chi connectivity index (χ1) is 13.0. The Balaban J connectivity index is 1.71. The zero-order valence-corrected chi connectivity index (χ0v) is 15.4. The number of phenols is 1. The molecule has 0 aromatic heterocycles. The molecule has 6 nitrogen and oxygen atoms in total. The van der Waals surface area contributed by atoms with Gasteiger partial charge in [-0.05, 0) is 42.1 Å². The highest BCUT2D eigenvalue weighted by Crippen LogP contribution is 2.26. The quantitative estimate of drug-likeness (QED) is 0.380. The van der Waals surface area contributed by atoms with Crippen LogP contribution in [0, 0.1) is 11.3 Å². The molecule has 0 saturated carbocycles. The van der Waals surface area contributed by atoms with E-state index in [1.165, 1.54) is 0 Å². The third-order valence-corrected chi connectivity index (χ3v) is 4.33. The zero-order valence-electron chi connectivity index (χ0n) is 15.4. The normalized spacial score (nSPS) is 11.6. The van der Waals surface area contributed by atoms with Crippen molar-refractivity contribution in [2.24, 2.45) is 0 Å². The minimum atomic E-state index is -0.822. The van der Waals surface area contributed by atoms with Gasteiger partial charge in [0, 0.05) is 13.1 Å². The number of hydrogen-bond donors (Lipinski definition) is 4. The van der Waals surface area contributed by atoms with Crippen molar-refractivity contribution >= 4 is 11.7 Å². The van der Waals surface area contributed by atoms with Gasteiger partial charge in [0.1, 0.15) is 6.07 Å². The molecule has 0 heterocycles. The van der Waals surface area contributed by atoms with Crippen LogP contribution in [0.15, 0.2) is 42.5 Å². The van der Waals surface area contributed by atoms with E-state index in [1.54, 1.807) is 18.2 Å². The van der Waals surface area contributed by atoms with E-state index in [0.717, 1.165) is 30.6 Å². The third-order valence-electron chi connectivity index (χ3n) is 4.33. The van der Waals surface area contributed by atoms with Crippen molar-refractivity contribution < 1.29 is 15.0 Å². The highest BCUT2D eigenvalue weighted by atomic mass is 16.4. The Bertz CT molecular complexity index is 815. The predicted octanol–water partition coefficient (Wildman–Crippen LogP) is 3.09. The molecule has 0 aliphatic heterocycles. The fourth-order valence-corrected chi connectivity index (χ4v) is 2.83. The first-order valence-corrected chi connectivity index (χ1v) is 8.98. The molecule has 0 aliphatic rings. The summed E-state index contributed by atoms with van der Waals surface area (Å²) in [5.74, 6) is -0.553. The average Bonchev–Trinajstić information content (AvgIpc) is 2.65. The highest BCUT2D eigenvalue weighted by Gasteiger charge is 2.08. The van der Waals surface area contributed by atoms with Crippen LogP contribution in [0.5, 0.6) is 5.75 Å². The molecule has 1 atom stereocenters. The van der Waals surface area contributed by atoms with Gasteiger partial charge in [0.05, 0.1) is 17.7 Å². The number of nitrogens with zero attached hydrogens (tertiary/aromatic N) is 1. The van der Waals surface area contributed by atoms with E-state index in [9.17, 15) is 9.90 Å². The number of carbonyl (C=O) groups is 1. The maximum absolute atomic E-state index is 10.8. The number of carboxylic acid groups (broad SMARTS) is 1. The molecule has 1 unspecified atom stereocenters. The molecule has 0 saturated heterocycles. The molecule has 0 fully saturated rings. The van der Waals surface area contributed by atoms with Crippen molar-refractivity contribution in [3.8, 4) is 11.8 Å². The topological polar surface area (TPSA) is 105 Å². The summed E-state index contributed by atoms with van der Waals surface area (Å²) < 4.78 is 0. The Kier molecular flexibility index (Phi) is 7.65. The number of hydrogen-bond acceptors (Lipinski definition) is 5. The van der Waals surface area contributed by atoms with Crippen LogP contribution in [-0.2, 0) is 11.2 Å². The largest absolute Gasteiger partial charge is 0.504 e. The number of rotatable bonds is 10. The summed E-state index contributed by atoms with van der Waals surface area (Å²) in [4.78, 5) is 10.8. The summed E-state index contributed by atoms with van der Waals surface area (Å²) in [6.45, 7) is 4.39. The monoisotopic (exact) mass is 367 g/mol. The lowest BCUT2D eigenvalue weighted by Crippen LogP contribution is -2.23. The summed E-state index contributed by atoms with van der Waals surface area (Å²) in [6.07, 6.45) is 0.904. The first-order valence-electron chi connectivity index (χ1n) is 8.98. The van der Waals surface area contributed by atoms with E-state index in [1.807, 2.05) is 30.3 Å². The highest BCUT2D eigenvalue weighted by molar-refractivity contribution is 5.70. The van der Waals surface area contributed by atoms with Gasteiger partial charge < -0.3 is 20.8 Å². The van der Waals surface area contributed by atoms with Gasteiger partial charge in [-0.25, -0.2) is 0 Å². The second kappa shape index (κ2) is 10.2. The smallest absolute Gasteiger partial charge is 0.307 e. The van der Waals surface area contributed by atoms with Crippen molar-refractivity contribution in [3.63, 3.8) is 0 Å². The molecule has 0 spiro atoms. The molecular formula is C21H25N3O3. The van der Waals surface area contributed by atoms with E-state index in [2.05, 4.69) is 17.6 Å². The van der Waals surface area contributed by atoms with Crippen LogP contribution in [0.3, 0.4) is 0 Å². The van der Waals surface area contributed by atoms with Gasteiger partial charge in [0.25, 0.3) is 0 Å². The molecule has 0 radical (unpaired) electrons. The van der Waals surface area contributed by atoms with Crippen LogP contribution in [0.25, 0.3) is 0 Å². The molecule has 142 valence electrons. The summed E-state index contributed by atoms with van der Waals surface area (Å²) >= 11 is 0. The van der Waals surface area contributed by atoms with E-state index < -0.39 is 5.97 Å². The molecule has 0 bridgehead atoms. The van der Waals surface area contributed by atoms with Crippen LogP contribution in [0.1, 0.15) is 36.0 Å². The van der Waals surface area contributed by atoms with Gasteiger partial charge in [-0.15, -0.1) is 0 Å². The van der Waals surface area contributed by atoms with Gasteiger partial charge in [-0.3, -0.25) is 4.79 Å². The number of phenolic OH excluding ortho intramolecular Hbond substituents is 1. The standard InChI is InChI=1S/C21H25N3O3/c1-15(17-6-2-5-16(11-17)12-20(25)26)14-23-9-4-10-24-19-8-3-7-18(13-22)21(19)27/h2-3,5-8,11,15,23-24,27H,4,9-10,12,14H2,1H3,(H,25,26). The van der Waals surface area contributed by atoms with E-state index in [-0.39, 0.29) is 23.7 Å². The second-order valence-corrected chi connectivity index (χ2v) is 6.51. The number of aliphatic carboxylic acids is 1. The summed E-state index contributed by atoms with van der Waals surface area (Å²) in [5.41, 5.74) is 2.77. The summed E-state index contributed by atoms with van der Waals surface area (Å²) in [6, 6.07) is 14.7. The fraction of sp³-hybridized carbons (Fsp3) is 0.333. The Labute approximate surface area is 159 Å². The van der Waals surface area contributed by atoms with Crippen LogP contribution < -0.4 is 10.6 Å². The number of aromatic hydroxyl groups is 1. The number of benzene rings is 2. The number of carboxylic acids is 1. The van der Waals surface area contributed by atoms with Crippen molar-refractivity contribution in [3.05, 3.63) is 59.2 Å². The average molecular weight is 367 g/mol. The van der Waals surface area contributed by atoms with E-state index >= 15 is 0 Å². The van der Waals surface area contributed by atoms with Gasteiger partial charge in [0.15, 0.2) is 5.75 Å². The Morgan fingerprint density at radius 2 is 2.00 bits per heavy atom. The molecular weight excluding hydrogens is 342 g/mol. The van der Waals surface area contributed by atoms with Crippen molar-refractivity contribution in [2.45, 2.75) is 25.7 Å². The van der Waals surface area contributed by atoms with E-state index in [0.29, 0.717) is 12.2 Å². The van der Waals surface area contributed by atoms with Gasteiger partial charge >= 0.3 is 5.97 Å². The molecule has 27 heavy (non-hydrogen) atoms. The molecule has 6 heteroatoms. The van der Waals surface area contributed by atoms with Crippen LogP contribution >= 0.6 is 0 Å². The second-order valence-electron chi connectivity index (χ2n) is 6.51. The fourth-order valence-electron chi connectivity index (χ4n) is 2.83. The van der Waals surface area contributed by atoms with Crippen LogP contribution in [0.2, 0.25) is 0 Å². The number of para-hydroxylation sites is 1. The van der Waals surface area contributed by atoms with Crippen molar-refractivity contribution in [2.75, 3.05) is 25.0 Å². The van der Waals surface area contributed by atoms with Crippen LogP contribution in [-0.4, -0.2) is 35.8 Å². The maximum Gasteiger partial charge on any atom is 0.307 e. The summed E-state index contributed by atoms with van der Waals surface area (Å²) in [7, 11) is 0. The number of nitrogens with one attached hydrogen (secondary N) is 2. The Morgan fingerprint density at radius 1 is 1.22 bits per heavy atom. The van der Waals surface area contributed by atoms with Gasteiger partial charge in [0.2, 0.25) is 0 Å². The third kappa shape index (κ3) is 6.32. The number of nitriles is 1. The van der Waals surface area contributed by atoms with Crippen molar-refractivity contribution in [1.82, 2.24) is 5.32 Å². The first kappa shape index (κ1) is 20.3. The lowest BCUT2D eigenvalue weighted by atomic mass is 9.98. The number of anilines is 1.